The number of anilines is 1. The Kier molecular flexibility index (Phi) is 4.88. The zero-order valence-electron chi connectivity index (χ0n) is 10.8. The van der Waals surface area contributed by atoms with Gasteiger partial charge in [0.15, 0.2) is 5.54 Å². The second kappa shape index (κ2) is 5.88. The minimum Gasteiger partial charge on any atom is -0.492 e. The second-order valence-corrected chi connectivity index (χ2v) is 4.64. The zero-order valence-corrected chi connectivity index (χ0v) is 11.6. The average molecular weight is 311 g/mol. The lowest BCUT2D eigenvalue weighted by atomic mass is 10.0. The molecule has 0 saturated heterocycles. The predicted molar refractivity (Wildman–Crippen MR) is 69.9 cm³/mol. The summed E-state index contributed by atoms with van der Waals surface area (Å²) in [6, 6.07) is 4.11. The highest BCUT2D eigenvalue weighted by Gasteiger charge is 2.53. The third kappa shape index (κ3) is 3.55. The van der Waals surface area contributed by atoms with Crippen molar-refractivity contribution < 1.29 is 22.7 Å². The van der Waals surface area contributed by atoms with Gasteiger partial charge in [-0.05, 0) is 32.0 Å². The van der Waals surface area contributed by atoms with E-state index in [9.17, 15) is 18.0 Å². The fraction of sp³-hybridized carbons (Fsp3) is 0.417. The smallest absolute Gasteiger partial charge is 0.415 e. The number of nitrogens with one attached hydrogen (secondary N) is 1. The number of hydrogen-bond donors (Lipinski definition) is 2. The van der Waals surface area contributed by atoms with Crippen molar-refractivity contribution in [3.05, 3.63) is 23.2 Å². The number of hydrogen-bond acceptors (Lipinski definition) is 3. The molecule has 1 aromatic rings. The lowest BCUT2D eigenvalue weighted by Gasteiger charge is -2.26. The van der Waals surface area contributed by atoms with E-state index in [1.807, 2.05) is 0 Å². The second-order valence-electron chi connectivity index (χ2n) is 4.23. The molecule has 0 saturated carbocycles. The fourth-order valence-electron chi connectivity index (χ4n) is 1.24. The molecule has 4 nitrogen and oxygen atoms in total. The van der Waals surface area contributed by atoms with Gasteiger partial charge >= 0.3 is 6.18 Å². The molecule has 1 amide bonds. The first-order chi connectivity index (χ1) is 9.09. The van der Waals surface area contributed by atoms with Crippen LogP contribution in [0.4, 0.5) is 18.9 Å². The van der Waals surface area contributed by atoms with Crippen LogP contribution >= 0.6 is 11.6 Å². The zero-order chi connectivity index (χ0) is 15.6. The largest absolute Gasteiger partial charge is 0.492 e. The molecule has 0 fully saturated rings. The summed E-state index contributed by atoms with van der Waals surface area (Å²) < 4.78 is 43.0. The third-order valence-electron chi connectivity index (χ3n) is 2.55. The highest BCUT2D eigenvalue weighted by molar-refractivity contribution is 6.32. The number of rotatable bonds is 4. The normalized spacial score (nSPS) is 14.6. The van der Waals surface area contributed by atoms with Gasteiger partial charge in [-0.25, -0.2) is 0 Å². The molecule has 0 bridgehead atoms. The summed E-state index contributed by atoms with van der Waals surface area (Å²) in [5, 5.41) is 2.25. The molecule has 112 valence electrons. The quantitative estimate of drug-likeness (QED) is 0.898. The van der Waals surface area contributed by atoms with Crippen LogP contribution in [0.1, 0.15) is 13.8 Å². The first kappa shape index (κ1) is 16.6. The van der Waals surface area contributed by atoms with E-state index < -0.39 is 17.6 Å². The number of carbonyl (C=O) groups excluding carboxylic acids is 1. The van der Waals surface area contributed by atoms with Crippen molar-refractivity contribution in [2.45, 2.75) is 25.6 Å². The molecular weight excluding hydrogens is 297 g/mol. The van der Waals surface area contributed by atoms with Crippen molar-refractivity contribution in [1.29, 1.82) is 0 Å². The van der Waals surface area contributed by atoms with E-state index in [0.717, 1.165) is 0 Å². The first-order valence-corrected chi connectivity index (χ1v) is 6.06. The van der Waals surface area contributed by atoms with Crippen LogP contribution in [0.2, 0.25) is 5.02 Å². The summed E-state index contributed by atoms with van der Waals surface area (Å²) >= 11 is 5.87. The van der Waals surface area contributed by atoms with Gasteiger partial charge in [0.2, 0.25) is 0 Å². The Morgan fingerprint density at radius 2 is 2.05 bits per heavy atom. The third-order valence-corrected chi connectivity index (χ3v) is 2.85. The molecule has 0 radical (unpaired) electrons. The monoisotopic (exact) mass is 310 g/mol. The molecule has 3 N–H and O–H groups in total. The number of amides is 1. The standard InChI is InChI=1S/C12H14ClF3N2O2/c1-3-20-9-5-4-7(6-8(9)13)18-10(19)11(2,17)12(14,15)16/h4-6H,3,17H2,1-2H3,(H,18,19). The van der Waals surface area contributed by atoms with Crippen LogP contribution in [0.15, 0.2) is 18.2 Å². The molecule has 0 spiro atoms. The Labute approximate surface area is 119 Å². The van der Waals surface area contributed by atoms with E-state index in [4.69, 9.17) is 22.1 Å². The van der Waals surface area contributed by atoms with Gasteiger partial charge in [0.1, 0.15) is 5.75 Å². The van der Waals surface area contributed by atoms with Gasteiger partial charge in [0.25, 0.3) is 5.91 Å². The van der Waals surface area contributed by atoms with E-state index in [-0.39, 0.29) is 10.7 Å². The van der Waals surface area contributed by atoms with Gasteiger partial charge in [-0.3, -0.25) is 4.79 Å². The van der Waals surface area contributed by atoms with E-state index in [0.29, 0.717) is 19.3 Å². The molecule has 0 aromatic heterocycles. The highest BCUT2D eigenvalue weighted by Crippen LogP contribution is 2.31. The summed E-state index contributed by atoms with van der Waals surface area (Å²) in [6.45, 7) is 2.74. The Morgan fingerprint density at radius 1 is 1.45 bits per heavy atom. The molecule has 0 aliphatic rings. The molecule has 1 aromatic carbocycles. The minimum atomic E-state index is -4.86. The van der Waals surface area contributed by atoms with Gasteiger partial charge in [0, 0.05) is 5.69 Å². The topological polar surface area (TPSA) is 64.3 Å². The van der Waals surface area contributed by atoms with E-state index >= 15 is 0 Å². The van der Waals surface area contributed by atoms with Crippen molar-refractivity contribution in [3.8, 4) is 5.75 Å². The van der Waals surface area contributed by atoms with Crippen LogP contribution in [-0.4, -0.2) is 24.2 Å². The number of nitrogens with two attached hydrogens (primary N) is 1. The van der Waals surface area contributed by atoms with Crippen LogP contribution in [-0.2, 0) is 4.79 Å². The average Bonchev–Trinajstić information content (AvgIpc) is 2.31. The Hall–Kier alpha value is -1.47. The number of carbonyl (C=O) groups is 1. The molecule has 0 aliphatic carbocycles. The summed E-state index contributed by atoms with van der Waals surface area (Å²) in [5.41, 5.74) is 2.12. The summed E-state index contributed by atoms with van der Waals surface area (Å²) in [5.74, 6) is -0.997. The Balaban J connectivity index is 2.89. The van der Waals surface area contributed by atoms with Crippen molar-refractivity contribution in [2.75, 3.05) is 11.9 Å². The van der Waals surface area contributed by atoms with Crippen LogP contribution in [0.25, 0.3) is 0 Å². The number of ether oxygens (including phenoxy) is 1. The van der Waals surface area contributed by atoms with Gasteiger partial charge in [0.05, 0.1) is 11.6 Å². The molecule has 0 aliphatic heterocycles. The number of alkyl halides is 3. The minimum absolute atomic E-state index is 0.101. The van der Waals surface area contributed by atoms with Crippen LogP contribution in [0, 0.1) is 0 Å². The fourth-order valence-corrected chi connectivity index (χ4v) is 1.48. The number of benzene rings is 1. The molecule has 20 heavy (non-hydrogen) atoms. The Bertz CT molecular complexity index is 504. The van der Waals surface area contributed by atoms with Crippen molar-refractivity contribution in [3.63, 3.8) is 0 Å². The van der Waals surface area contributed by atoms with E-state index in [1.54, 1.807) is 6.92 Å². The van der Waals surface area contributed by atoms with Crippen molar-refractivity contribution >= 4 is 23.2 Å². The van der Waals surface area contributed by atoms with Gasteiger partial charge in [-0.15, -0.1) is 0 Å². The van der Waals surface area contributed by atoms with Crippen LogP contribution in [0.5, 0.6) is 5.75 Å². The lowest BCUT2D eigenvalue weighted by molar-refractivity contribution is -0.184. The van der Waals surface area contributed by atoms with Gasteiger partial charge < -0.3 is 15.8 Å². The first-order valence-electron chi connectivity index (χ1n) is 5.69. The maximum atomic E-state index is 12.6. The van der Waals surface area contributed by atoms with Crippen LogP contribution in [0.3, 0.4) is 0 Å². The highest BCUT2D eigenvalue weighted by atomic mass is 35.5. The van der Waals surface area contributed by atoms with Crippen molar-refractivity contribution in [1.82, 2.24) is 0 Å². The molecule has 0 heterocycles. The summed E-state index contributed by atoms with van der Waals surface area (Å²) in [6.07, 6.45) is -4.86. The van der Waals surface area contributed by atoms with Gasteiger partial charge in [-0.1, -0.05) is 11.6 Å². The molecular formula is C12H14ClF3N2O2. The lowest BCUT2D eigenvalue weighted by Crippen LogP contribution is -2.59. The molecule has 1 atom stereocenters. The summed E-state index contributed by atoms with van der Waals surface area (Å²) in [7, 11) is 0. The Morgan fingerprint density at radius 3 is 2.50 bits per heavy atom. The maximum absolute atomic E-state index is 12.6. The molecule has 1 rings (SSSR count). The predicted octanol–water partition coefficient (Wildman–Crippen LogP) is 2.96. The van der Waals surface area contributed by atoms with E-state index in [2.05, 4.69) is 5.32 Å². The maximum Gasteiger partial charge on any atom is 0.415 e. The molecule has 1 unspecified atom stereocenters. The van der Waals surface area contributed by atoms with Crippen molar-refractivity contribution in [2.24, 2.45) is 5.73 Å². The summed E-state index contributed by atoms with van der Waals surface area (Å²) in [4.78, 5) is 11.6. The molecule has 8 heteroatoms. The van der Waals surface area contributed by atoms with Gasteiger partial charge in [-0.2, -0.15) is 13.2 Å². The SMILES string of the molecule is CCOc1ccc(NC(=O)C(C)(N)C(F)(F)F)cc1Cl. The van der Waals surface area contributed by atoms with E-state index in [1.165, 1.54) is 18.2 Å². The van der Waals surface area contributed by atoms with Crippen LogP contribution < -0.4 is 15.8 Å². The number of halogens is 4.